The molecule has 0 bridgehead atoms. The molecule has 0 saturated carbocycles. The molecule has 0 radical (unpaired) electrons. The van der Waals surface area contributed by atoms with Gasteiger partial charge in [-0.05, 0) is 31.5 Å². The molecule has 1 aromatic heterocycles. The highest BCUT2D eigenvalue weighted by Gasteiger charge is 2.12. The summed E-state index contributed by atoms with van der Waals surface area (Å²) in [4.78, 5) is 12.2. The molecule has 0 unspecified atom stereocenters. The number of aromatic nitrogens is 2. The number of hydrogen-bond donors (Lipinski definition) is 3. The number of carbonyl (C=O) groups excluding carboxylic acids is 1. The number of nitrogen functional groups attached to an aromatic ring is 1. The van der Waals surface area contributed by atoms with E-state index in [0.717, 1.165) is 21.3 Å². The Hall–Kier alpha value is -1.82. The fourth-order valence-corrected chi connectivity index (χ4v) is 2.24. The van der Waals surface area contributed by atoms with Gasteiger partial charge in [-0.15, -0.1) is 0 Å². The van der Waals surface area contributed by atoms with Gasteiger partial charge in [0, 0.05) is 33.5 Å². The Bertz CT molecular complexity index is 621. The molecule has 2 rings (SSSR count). The first-order chi connectivity index (χ1) is 8.99. The number of amides is 1. The van der Waals surface area contributed by atoms with Crippen LogP contribution in [0.25, 0.3) is 0 Å². The number of anilines is 1. The molecule has 0 aliphatic rings. The number of aryl methyl sites for hydroxylation is 1. The number of halogens is 1. The fourth-order valence-electron chi connectivity index (χ4n) is 1.76. The van der Waals surface area contributed by atoms with Crippen LogP contribution in [0.1, 0.15) is 27.2 Å². The zero-order chi connectivity index (χ0) is 14.0. The molecule has 0 aliphatic carbocycles. The van der Waals surface area contributed by atoms with Gasteiger partial charge in [0.2, 0.25) is 0 Å². The molecule has 0 atom stereocenters. The van der Waals surface area contributed by atoms with E-state index in [2.05, 4.69) is 31.4 Å². The van der Waals surface area contributed by atoms with Crippen molar-refractivity contribution >= 4 is 27.5 Å². The lowest BCUT2D eigenvalue weighted by atomic mass is 10.1. The second-order valence-corrected chi connectivity index (χ2v) is 5.29. The first-order valence-corrected chi connectivity index (χ1v) is 6.61. The predicted octanol–water partition coefficient (Wildman–Crippen LogP) is 2.30. The number of nitrogens with two attached hydrogens (primary N) is 1. The molecule has 4 N–H and O–H groups in total. The topological polar surface area (TPSA) is 83.8 Å². The largest absolute Gasteiger partial charge is 0.398 e. The molecule has 1 amide bonds. The van der Waals surface area contributed by atoms with Crippen molar-refractivity contribution in [3.05, 3.63) is 45.2 Å². The smallest absolute Gasteiger partial charge is 0.251 e. The summed E-state index contributed by atoms with van der Waals surface area (Å²) < 4.78 is 0.792. The number of rotatable bonds is 3. The van der Waals surface area contributed by atoms with Gasteiger partial charge >= 0.3 is 0 Å². The Balaban J connectivity index is 2.15. The minimum Gasteiger partial charge on any atom is -0.398 e. The maximum Gasteiger partial charge on any atom is 0.251 e. The van der Waals surface area contributed by atoms with Crippen LogP contribution in [-0.2, 0) is 6.54 Å². The van der Waals surface area contributed by atoms with Crippen molar-refractivity contribution in [1.82, 2.24) is 15.5 Å². The van der Waals surface area contributed by atoms with Crippen molar-refractivity contribution in [3.8, 4) is 0 Å². The standard InChI is InChI=1S/C13H15BrN4O/c1-7-11(3-10(14)4-12(7)15)13(19)16-5-9-6-17-18-8(9)2/h3-4,6H,5,15H2,1-2H3,(H,16,19)(H,17,18). The molecule has 0 spiro atoms. The highest BCUT2D eigenvalue weighted by Crippen LogP contribution is 2.22. The van der Waals surface area contributed by atoms with Gasteiger partial charge in [0.25, 0.3) is 5.91 Å². The van der Waals surface area contributed by atoms with E-state index in [4.69, 9.17) is 5.73 Å². The SMILES string of the molecule is Cc1[nH]ncc1CNC(=O)c1cc(Br)cc(N)c1C. The monoisotopic (exact) mass is 322 g/mol. The normalized spacial score (nSPS) is 10.5. The Labute approximate surface area is 119 Å². The van der Waals surface area contributed by atoms with Crippen LogP contribution < -0.4 is 11.1 Å². The first-order valence-electron chi connectivity index (χ1n) is 5.81. The van der Waals surface area contributed by atoms with Crippen LogP contribution in [0.15, 0.2) is 22.8 Å². The summed E-state index contributed by atoms with van der Waals surface area (Å²) in [6, 6.07) is 3.55. The molecule has 100 valence electrons. The van der Waals surface area contributed by atoms with Crippen molar-refractivity contribution in [2.45, 2.75) is 20.4 Å². The average molecular weight is 323 g/mol. The second kappa shape index (κ2) is 5.44. The highest BCUT2D eigenvalue weighted by atomic mass is 79.9. The summed E-state index contributed by atoms with van der Waals surface area (Å²) in [5.41, 5.74) is 9.72. The minimum absolute atomic E-state index is 0.147. The van der Waals surface area contributed by atoms with E-state index in [1.165, 1.54) is 0 Å². The van der Waals surface area contributed by atoms with E-state index in [1.54, 1.807) is 18.3 Å². The van der Waals surface area contributed by atoms with Crippen molar-refractivity contribution in [3.63, 3.8) is 0 Å². The van der Waals surface area contributed by atoms with Crippen LogP contribution in [0.4, 0.5) is 5.69 Å². The molecule has 19 heavy (non-hydrogen) atoms. The quantitative estimate of drug-likeness (QED) is 0.758. The van der Waals surface area contributed by atoms with Crippen molar-refractivity contribution in [2.24, 2.45) is 0 Å². The predicted molar refractivity (Wildman–Crippen MR) is 77.8 cm³/mol. The third-order valence-electron chi connectivity index (χ3n) is 3.03. The maximum atomic E-state index is 12.2. The van der Waals surface area contributed by atoms with Gasteiger partial charge in [0.15, 0.2) is 0 Å². The van der Waals surface area contributed by atoms with E-state index >= 15 is 0 Å². The summed E-state index contributed by atoms with van der Waals surface area (Å²) in [6.07, 6.45) is 1.71. The molecule has 1 aromatic carbocycles. The maximum absolute atomic E-state index is 12.2. The van der Waals surface area contributed by atoms with Crippen LogP contribution in [0, 0.1) is 13.8 Å². The van der Waals surface area contributed by atoms with Gasteiger partial charge in [-0.1, -0.05) is 15.9 Å². The number of nitrogens with one attached hydrogen (secondary N) is 2. The van der Waals surface area contributed by atoms with Gasteiger partial charge in [0.1, 0.15) is 0 Å². The molecule has 0 aliphatic heterocycles. The second-order valence-electron chi connectivity index (χ2n) is 4.37. The molecule has 6 heteroatoms. The number of nitrogens with zero attached hydrogens (tertiary/aromatic N) is 1. The highest BCUT2D eigenvalue weighted by molar-refractivity contribution is 9.10. The third kappa shape index (κ3) is 2.96. The average Bonchev–Trinajstić information content (AvgIpc) is 2.76. The molecule has 2 aromatic rings. The molecule has 0 fully saturated rings. The number of carbonyl (C=O) groups is 1. The Morgan fingerprint density at radius 2 is 2.21 bits per heavy atom. The number of H-pyrrole nitrogens is 1. The summed E-state index contributed by atoms with van der Waals surface area (Å²) in [6.45, 7) is 4.18. The van der Waals surface area contributed by atoms with E-state index < -0.39 is 0 Å². The zero-order valence-electron chi connectivity index (χ0n) is 10.7. The lowest BCUT2D eigenvalue weighted by Crippen LogP contribution is -2.24. The van der Waals surface area contributed by atoms with Crippen LogP contribution >= 0.6 is 15.9 Å². The fraction of sp³-hybridized carbons (Fsp3) is 0.231. The van der Waals surface area contributed by atoms with Gasteiger partial charge in [-0.3, -0.25) is 9.89 Å². The number of aromatic amines is 1. The molecule has 0 saturated heterocycles. The molecular weight excluding hydrogens is 308 g/mol. The lowest BCUT2D eigenvalue weighted by molar-refractivity contribution is 0.0950. The van der Waals surface area contributed by atoms with Gasteiger partial charge < -0.3 is 11.1 Å². The van der Waals surface area contributed by atoms with Crippen LogP contribution in [0.3, 0.4) is 0 Å². The Morgan fingerprint density at radius 3 is 2.84 bits per heavy atom. The lowest BCUT2D eigenvalue weighted by Gasteiger charge is -2.10. The van der Waals surface area contributed by atoms with Crippen molar-refractivity contribution in [2.75, 3.05) is 5.73 Å². The van der Waals surface area contributed by atoms with Crippen molar-refractivity contribution in [1.29, 1.82) is 0 Å². The van der Waals surface area contributed by atoms with Gasteiger partial charge in [-0.2, -0.15) is 5.10 Å². The van der Waals surface area contributed by atoms with Crippen molar-refractivity contribution < 1.29 is 4.79 Å². The van der Waals surface area contributed by atoms with E-state index in [-0.39, 0.29) is 5.91 Å². The molecule has 5 nitrogen and oxygen atoms in total. The van der Waals surface area contributed by atoms with Gasteiger partial charge in [-0.25, -0.2) is 0 Å². The summed E-state index contributed by atoms with van der Waals surface area (Å²) in [5, 5.41) is 9.61. The number of benzene rings is 1. The molecule has 1 heterocycles. The summed E-state index contributed by atoms with van der Waals surface area (Å²) in [5.74, 6) is -0.147. The summed E-state index contributed by atoms with van der Waals surface area (Å²) in [7, 11) is 0. The zero-order valence-corrected chi connectivity index (χ0v) is 12.3. The Kier molecular flexibility index (Phi) is 3.90. The summed E-state index contributed by atoms with van der Waals surface area (Å²) >= 11 is 3.34. The van der Waals surface area contributed by atoms with Crippen LogP contribution in [0.5, 0.6) is 0 Å². The van der Waals surface area contributed by atoms with E-state index in [1.807, 2.05) is 13.8 Å². The minimum atomic E-state index is -0.147. The number of hydrogen-bond acceptors (Lipinski definition) is 3. The van der Waals surface area contributed by atoms with Crippen LogP contribution in [-0.4, -0.2) is 16.1 Å². The molecular formula is C13H15BrN4O. The Morgan fingerprint density at radius 1 is 1.47 bits per heavy atom. The first kappa shape index (κ1) is 13.6. The van der Waals surface area contributed by atoms with E-state index in [9.17, 15) is 4.79 Å². The van der Waals surface area contributed by atoms with Gasteiger partial charge in [0.05, 0.1) is 6.20 Å². The van der Waals surface area contributed by atoms with Crippen LogP contribution in [0.2, 0.25) is 0 Å². The van der Waals surface area contributed by atoms with E-state index in [0.29, 0.717) is 17.8 Å². The third-order valence-corrected chi connectivity index (χ3v) is 3.49.